The van der Waals surface area contributed by atoms with E-state index in [2.05, 4.69) is 11.3 Å². The first-order valence-corrected chi connectivity index (χ1v) is 7.64. The molecule has 1 atom stereocenters. The van der Waals surface area contributed by atoms with Crippen LogP contribution in [-0.4, -0.2) is 35.6 Å². The molecule has 0 aliphatic carbocycles. The van der Waals surface area contributed by atoms with Crippen LogP contribution < -0.4 is 4.90 Å². The van der Waals surface area contributed by atoms with Crippen LogP contribution in [0.15, 0.2) is 34.9 Å². The second-order valence-electron chi connectivity index (χ2n) is 5.41. The van der Waals surface area contributed by atoms with E-state index >= 15 is 0 Å². The molecule has 1 amide bonds. The summed E-state index contributed by atoms with van der Waals surface area (Å²) in [5, 5.41) is 13.6. The van der Waals surface area contributed by atoms with E-state index in [0.29, 0.717) is 29.6 Å². The van der Waals surface area contributed by atoms with Crippen LogP contribution in [0, 0.1) is 11.5 Å². The molecule has 2 aromatic rings. The fourth-order valence-electron chi connectivity index (χ4n) is 2.68. The Hall–Kier alpha value is -2.52. The zero-order chi connectivity index (χ0) is 16.4. The Bertz CT molecular complexity index is 767. The number of nitriles is 1. The van der Waals surface area contributed by atoms with Crippen molar-refractivity contribution in [3.05, 3.63) is 35.4 Å². The zero-order valence-electron chi connectivity index (χ0n) is 12.6. The highest BCUT2D eigenvalue weighted by molar-refractivity contribution is 6.30. The van der Waals surface area contributed by atoms with Crippen molar-refractivity contribution >= 4 is 23.3 Å². The molecule has 6 nitrogen and oxygen atoms in total. The molecule has 0 N–H and O–H groups in total. The topological polar surface area (TPSA) is 73.4 Å². The van der Waals surface area contributed by atoms with Gasteiger partial charge < -0.3 is 4.52 Å². The van der Waals surface area contributed by atoms with Gasteiger partial charge in [0, 0.05) is 30.2 Å². The van der Waals surface area contributed by atoms with Gasteiger partial charge in [-0.15, -0.1) is 0 Å². The van der Waals surface area contributed by atoms with E-state index in [1.807, 2.05) is 12.1 Å². The van der Waals surface area contributed by atoms with E-state index in [1.54, 1.807) is 25.2 Å². The van der Waals surface area contributed by atoms with E-state index in [1.165, 1.54) is 9.80 Å². The molecule has 23 heavy (non-hydrogen) atoms. The third-order valence-electron chi connectivity index (χ3n) is 3.95. The van der Waals surface area contributed by atoms with Gasteiger partial charge in [-0.3, -0.25) is 14.6 Å². The monoisotopic (exact) mass is 330 g/mol. The van der Waals surface area contributed by atoms with Crippen molar-refractivity contribution in [3.8, 4) is 17.5 Å². The van der Waals surface area contributed by atoms with Crippen LogP contribution in [0.5, 0.6) is 0 Å². The number of rotatable bonds is 3. The summed E-state index contributed by atoms with van der Waals surface area (Å²) in [7, 11) is 1.63. The second-order valence-corrected chi connectivity index (χ2v) is 5.84. The average molecular weight is 331 g/mol. The van der Waals surface area contributed by atoms with Crippen LogP contribution in [0.1, 0.15) is 12.8 Å². The van der Waals surface area contributed by atoms with Crippen molar-refractivity contribution in [2.75, 3.05) is 18.5 Å². The predicted molar refractivity (Wildman–Crippen MR) is 85.7 cm³/mol. The number of likely N-dealkylation sites (tertiary alicyclic amines) is 1. The quantitative estimate of drug-likeness (QED) is 0.809. The first-order valence-electron chi connectivity index (χ1n) is 7.27. The molecule has 1 aliphatic heterocycles. The standard InChI is InChI=1S/C16H15ClN4O2/c1-20(16(22)13-6-3-7-21(13)10-18)15-9-14(23-19-15)11-4-2-5-12(17)8-11/h2,4-5,8-9,13H,3,6-7H2,1H3/t13-/m0/s1. The summed E-state index contributed by atoms with van der Waals surface area (Å²) < 4.78 is 5.31. The number of halogens is 1. The first-order chi connectivity index (χ1) is 11.1. The van der Waals surface area contributed by atoms with Gasteiger partial charge in [0.1, 0.15) is 6.04 Å². The Morgan fingerprint density at radius 3 is 3.09 bits per heavy atom. The summed E-state index contributed by atoms with van der Waals surface area (Å²) in [6, 6.07) is 8.48. The number of nitrogens with zero attached hydrogens (tertiary/aromatic N) is 4. The number of carbonyl (C=O) groups is 1. The maximum Gasteiger partial charge on any atom is 0.251 e. The summed E-state index contributed by atoms with van der Waals surface area (Å²) in [5.74, 6) is 0.787. The van der Waals surface area contributed by atoms with Crippen molar-refractivity contribution in [2.24, 2.45) is 0 Å². The third-order valence-corrected chi connectivity index (χ3v) is 4.18. The van der Waals surface area contributed by atoms with Gasteiger partial charge in [0.2, 0.25) is 0 Å². The van der Waals surface area contributed by atoms with Crippen LogP contribution in [0.2, 0.25) is 5.02 Å². The fraction of sp³-hybridized carbons (Fsp3) is 0.312. The van der Waals surface area contributed by atoms with Gasteiger partial charge in [0.15, 0.2) is 17.8 Å². The summed E-state index contributed by atoms with van der Waals surface area (Å²) in [6.45, 7) is 0.618. The fourth-order valence-corrected chi connectivity index (χ4v) is 2.87. The van der Waals surface area contributed by atoms with E-state index in [-0.39, 0.29) is 5.91 Å². The van der Waals surface area contributed by atoms with Crippen LogP contribution in [0.25, 0.3) is 11.3 Å². The number of carbonyl (C=O) groups excluding carboxylic acids is 1. The normalized spacial score (nSPS) is 17.1. The van der Waals surface area contributed by atoms with Crippen LogP contribution in [0.3, 0.4) is 0 Å². The van der Waals surface area contributed by atoms with Crippen molar-refractivity contribution in [2.45, 2.75) is 18.9 Å². The number of anilines is 1. The Balaban J connectivity index is 1.80. The van der Waals surface area contributed by atoms with Crippen LogP contribution in [0.4, 0.5) is 5.82 Å². The minimum Gasteiger partial charge on any atom is -0.354 e. The maximum atomic E-state index is 12.5. The molecule has 0 radical (unpaired) electrons. The predicted octanol–water partition coefficient (Wildman–Crippen LogP) is 2.90. The molecule has 3 rings (SSSR count). The molecule has 7 heteroatoms. The number of likely N-dealkylation sites (N-methyl/N-ethyl adjacent to an activating group) is 1. The van der Waals surface area contributed by atoms with E-state index in [0.717, 1.165) is 12.0 Å². The Morgan fingerprint density at radius 1 is 1.52 bits per heavy atom. The molecule has 1 saturated heterocycles. The van der Waals surface area contributed by atoms with E-state index < -0.39 is 6.04 Å². The van der Waals surface area contributed by atoms with Crippen molar-refractivity contribution in [1.29, 1.82) is 5.26 Å². The lowest BCUT2D eigenvalue weighted by atomic mass is 10.1. The van der Waals surface area contributed by atoms with Crippen LogP contribution >= 0.6 is 11.6 Å². The maximum absolute atomic E-state index is 12.5. The molecule has 0 bridgehead atoms. The number of amides is 1. The summed E-state index contributed by atoms with van der Waals surface area (Å²) in [5.41, 5.74) is 0.789. The van der Waals surface area contributed by atoms with Gasteiger partial charge in [-0.2, -0.15) is 5.26 Å². The molecule has 1 aromatic carbocycles. The van der Waals surface area contributed by atoms with Gasteiger partial charge >= 0.3 is 0 Å². The molecule has 2 heterocycles. The third kappa shape index (κ3) is 3.01. The molecular weight excluding hydrogens is 316 g/mol. The Kier molecular flexibility index (Phi) is 4.22. The van der Waals surface area contributed by atoms with Gasteiger partial charge in [-0.1, -0.05) is 28.9 Å². The zero-order valence-corrected chi connectivity index (χ0v) is 13.3. The summed E-state index contributed by atoms with van der Waals surface area (Å²) >= 11 is 5.97. The number of aromatic nitrogens is 1. The first kappa shape index (κ1) is 15.4. The lowest BCUT2D eigenvalue weighted by molar-refractivity contribution is -0.121. The smallest absolute Gasteiger partial charge is 0.251 e. The average Bonchev–Trinajstić information content (AvgIpc) is 3.22. The SMILES string of the molecule is CN(C(=O)[C@@H]1CCCN1C#N)c1cc(-c2cccc(Cl)c2)on1. The van der Waals surface area contributed by atoms with E-state index in [9.17, 15) is 4.79 Å². The Labute approximate surface area is 138 Å². The van der Waals surface area contributed by atoms with Gasteiger partial charge in [0.25, 0.3) is 5.91 Å². The summed E-state index contributed by atoms with van der Waals surface area (Å²) in [4.78, 5) is 15.5. The van der Waals surface area contributed by atoms with Gasteiger partial charge in [-0.05, 0) is 25.0 Å². The number of benzene rings is 1. The second kappa shape index (κ2) is 6.31. The van der Waals surface area contributed by atoms with Gasteiger partial charge in [0.05, 0.1) is 0 Å². The molecule has 1 fully saturated rings. The molecular formula is C16H15ClN4O2. The number of hydrogen-bond acceptors (Lipinski definition) is 5. The summed E-state index contributed by atoms with van der Waals surface area (Å²) in [6.07, 6.45) is 3.58. The van der Waals surface area contributed by atoms with Crippen molar-refractivity contribution in [1.82, 2.24) is 10.1 Å². The highest BCUT2D eigenvalue weighted by Crippen LogP contribution is 2.27. The van der Waals surface area contributed by atoms with Crippen molar-refractivity contribution in [3.63, 3.8) is 0 Å². The Morgan fingerprint density at radius 2 is 2.35 bits per heavy atom. The molecule has 0 spiro atoms. The van der Waals surface area contributed by atoms with Gasteiger partial charge in [-0.25, -0.2) is 0 Å². The van der Waals surface area contributed by atoms with Crippen molar-refractivity contribution < 1.29 is 9.32 Å². The minimum absolute atomic E-state index is 0.157. The molecule has 0 unspecified atom stereocenters. The number of hydrogen-bond donors (Lipinski definition) is 0. The lowest BCUT2D eigenvalue weighted by Crippen LogP contribution is -2.42. The molecule has 118 valence electrons. The highest BCUT2D eigenvalue weighted by atomic mass is 35.5. The highest BCUT2D eigenvalue weighted by Gasteiger charge is 2.33. The van der Waals surface area contributed by atoms with Crippen LogP contribution in [-0.2, 0) is 4.79 Å². The minimum atomic E-state index is -0.420. The van der Waals surface area contributed by atoms with E-state index in [4.69, 9.17) is 21.4 Å². The molecule has 1 aromatic heterocycles. The lowest BCUT2D eigenvalue weighted by Gasteiger charge is -2.22. The molecule has 0 saturated carbocycles. The largest absolute Gasteiger partial charge is 0.354 e. The molecule has 1 aliphatic rings.